The fourth-order valence-corrected chi connectivity index (χ4v) is 3.72. The minimum absolute atomic E-state index is 0.0270. The fourth-order valence-electron chi connectivity index (χ4n) is 3.72. The van der Waals surface area contributed by atoms with Gasteiger partial charge in [0.15, 0.2) is 5.78 Å². The van der Waals surface area contributed by atoms with Gasteiger partial charge in [0.05, 0.1) is 12.6 Å². The van der Waals surface area contributed by atoms with Crippen LogP contribution in [0.25, 0.3) is 0 Å². The Balaban J connectivity index is 2.65. The molecule has 10 heteroatoms. The zero-order valence-corrected chi connectivity index (χ0v) is 19.1. The predicted molar refractivity (Wildman–Crippen MR) is 116 cm³/mol. The largest absolute Gasteiger partial charge is 0.345 e. The summed E-state index contributed by atoms with van der Waals surface area (Å²) >= 11 is 0. The van der Waals surface area contributed by atoms with E-state index in [1.54, 1.807) is 11.8 Å². The first-order valence-corrected chi connectivity index (χ1v) is 11.0. The molecule has 0 spiro atoms. The van der Waals surface area contributed by atoms with E-state index in [0.717, 1.165) is 12.8 Å². The van der Waals surface area contributed by atoms with Crippen LogP contribution in [-0.4, -0.2) is 84.0 Å². The number of likely N-dealkylation sites (N-methyl/N-ethyl adjacent to an activating group) is 1. The van der Waals surface area contributed by atoms with Crippen LogP contribution in [0.1, 0.15) is 59.3 Å². The van der Waals surface area contributed by atoms with Crippen molar-refractivity contribution in [2.75, 3.05) is 26.7 Å². The highest BCUT2D eigenvalue weighted by molar-refractivity contribution is 5.94. The van der Waals surface area contributed by atoms with Gasteiger partial charge in [0, 0.05) is 26.9 Å². The van der Waals surface area contributed by atoms with Gasteiger partial charge in [-0.15, -0.1) is 0 Å². The van der Waals surface area contributed by atoms with E-state index in [2.05, 4.69) is 10.6 Å². The number of carbonyl (C=O) groups is 5. The second-order valence-corrected chi connectivity index (χ2v) is 8.03. The van der Waals surface area contributed by atoms with Crippen molar-refractivity contribution in [2.24, 2.45) is 5.73 Å². The highest BCUT2D eigenvalue weighted by atomic mass is 16.2. The van der Waals surface area contributed by atoms with E-state index in [4.69, 9.17) is 5.73 Å². The average Bonchev–Trinajstić information content (AvgIpc) is 3.21. The van der Waals surface area contributed by atoms with Crippen LogP contribution in [0.2, 0.25) is 0 Å². The van der Waals surface area contributed by atoms with E-state index in [-0.39, 0.29) is 24.1 Å². The van der Waals surface area contributed by atoms with Crippen molar-refractivity contribution >= 4 is 29.4 Å². The SMILES string of the molecule is CCC(=O)C1CCCN1C(=O)CN(C)C(=O)C(C)NC(=O)C(CCCCN)NC(C)=O. The van der Waals surface area contributed by atoms with Crippen LogP contribution in [0.3, 0.4) is 0 Å². The fraction of sp³-hybridized carbons (Fsp3) is 0.762. The highest BCUT2D eigenvalue weighted by Gasteiger charge is 2.34. The molecule has 0 saturated carbocycles. The maximum absolute atomic E-state index is 12.7. The summed E-state index contributed by atoms with van der Waals surface area (Å²) in [6.45, 7) is 5.46. The quantitative estimate of drug-likeness (QED) is 0.352. The van der Waals surface area contributed by atoms with E-state index in [9.17, 15) is 24.0 Å². The number of hydrogen-bond acceptors (Lipinski definition) is 6. The van der Waals surface area contributed by atoms with E-state index in [1.807, 2.05) is 0 Å². The first-order chi connectivity index (χ1) is 14.6. The van der Waals surface area contributed by atoms with Gasteiger partial charge < -0.3 is 26.2 Å². The molecule has 0 bridgehead atoms. The van der Waals surface area contributed by atoms with Gasteiger partial charge in [0.1, 0.15) is 12.1 Å². The van der Waals surface area contributed by atoms with Gasteiger partial charge in [-0.1, -0.05) is 6.92 Å². The van der Waals surface area contributed by atoms with E-state index in [1.165, 1.54) is 25.8 Å². The monoisotopic (exact) mass is 439 g/mol. The minimum Gasteiger partial charge on any atom is -0.345 e. The first kappa shape index (κ1) is 26.5. The molecule has 176 valence electrons. The van der Waals surface area contributed by atoms with Crippen LogP contribution in [0.5, 0.6) is 0 Å². The molecule has 1 heterocycles. The van der Waals surface area contributed by atoms with Gasteiger partial charge in [-0.05, 0) is 45.6 Å². The van der Waals surface area contributed by atoms with Crippen LogP contribution in [0.4, 0.5) is 0 Å². The highest BCUT2D eigenvalue weighted by Crippen LogP contribution is 2.19. The summed E-state index contributed by atoms with van der Waals surface area (Å²) in [5.41, 5.74) is 5.48. The van der Waals surface area contributed by atoms with Crippen molar-refractivity contribution < 1.29 is 24.0 Å². The van der Waals surface area contributed by atoms with Gasteiger partial charge in [0.2, 0.25) is 23.6 Å². The van der Waals surface area contributed by atoms with E-state index < -0.39 is 29.9 Å². The van der Waals surface area contributed by atoms with Gasteiger partial charge in [0.25, 0.3) is 0 Å². The van der Waals surface area contributed by atoms with Crippen LogP contribution in [0.15, 0.2) is 0 Å². The van der Waals surface area contributed by atoms with Gasteiger partial charge in [-0.3, -0.25) is 24.0 Å². The Hall–Kier alpha value is -2.49. The van der Waals surface area contributed by atoms with Crippen LogP contribution < -0.4 is 16.4 Å². The van der Waals surface area contributed by atoms with Gasteiger partial charge in [-0.25, -0.2) is 0 Å². The number of nitrogens with one attached hydrogen (secondary N) is 2. The molecule has 0 aromatic carbocycles. The number of nitrogens with two attached hydrogens (primary N) is 1. The summed E-state index contributed by atoms with van der Waals surface area (Å²) in [4.78, 5) is 64.1. The number of Topliss-reactive ketones (excluding diaryl/α,β-unsaturated/α-hetero) is 1. The molecule has 3 unspecified atom stereocenters. The standard InChI is InChI=1S/C21H37N5O5/c1-5-18(28)17-10-8-12-26(17)19(29)13-25(4)21(31)14(2)23-20(30)16(24-15(3)27)9-6-7-11-22/h14,16-17H,5-13,22H2,1-4H3,(H,23,30)(H,24,27). The van der Waals surface area contributed by atoms with Crippen LogP contribution in [-0.2, 0) is 24.0 Å². The molecule has 0 aromatic heterocycles. The summed E-state index contributed by atoms with van der Waals surface area (Å²) in [6.07, 6.45) is 3.59. The molecular formula is C21H37N5O5. The molecule has 0 aliphatic carbocycles. The number of nitrogens with zero attached hydrogens (tertiary/aromatic N) is 2. The number of amides is 4. The van der Waals surface area contributed by atoms with Crippen molar-refractivity contribution in [3.63, 3.8) is 0 Å². The number of unbranched alkanes of at least 4 members (excludes halogenated alkanes) is 1. The van der Waals surface area contributed by atoms with Crippen molar-refractivity contribution in [2.45, 2.75) is 77.4 Å². The first-order valence-electron chi connectivity index (χ1n) is 11.0. The number of carbonyl (C=O) groups excluding carboxylic acids is 5. The maximum atomic E-state index is 12.7. The van der Waals surface area contributed by atoms with Gasteiger partial charge in [-0.2, -0.15) is 0 Å². The number of likely N-dealkylation sites (tertiary alicyclic amines) is 1. The maximum Gasteiger partial charge on any atom is 0.245 e. The molecule has 1 saturated heterocycles. The molecule has 1 aliphatic heterocycles. The summed E-state index contributed by atoms with van der Waals surface area (Å²) in [6, 6.07) is -2.04. The lowest BCUT2D eigenvalue weighted by molar-refractivity contribution is -0.143. The minimum atomic E-state index is -0.872. The predicted octanol–water partition coefficient (Wildman–Crippen LogP) is -0.447. The average molecular weight is 440 g/mol. The van der Waals surface area contributed by atoms with Crippen molar-refractivity contribution in [1.82, 2.24) is 20.4 Å². The molecule has 1 fully saturated rings. The van der Waals surface area contributed by atoms with E-state index >= 15 is 0 Å². The normalized spacial score (nSPS) is 17.6. The number of rotatable bonds is 12. The van der Waals surface area contributed by atoms with Gasteiger partial charge >= 0.3 is 0 Å². The molecule has 4 N–H and O–H groups in total. The van der Waals surface area contributed by atoms with Crippen molar-refractivity contribution in [1.29, 1.82) is 0 Å². The van der Waals surface area contributed by atoms with Crippen molar-refractivity contribution in [3.05, 3.63) is 0 Å². The van der Waals surface area contributed by atoms with Crippen molar-refractivity contribution in [3.8, 4) is 0 Å². The lowest BCUT2D eigenvalue weighted by atomic mass is 10.1. The molecule has 10 nitrogen and oxygen atoms in total. The second-order valence-electron chi connectivity index (χ2n) is 8.03. The third kappa shape index (κ3) is 8.28. The molecule has 0 radical (unpaired) electrons. The molecule has 1 rings (SSSR count). The zero-order chi connectivity index (χ0) is 23.6. The summed E-state index contributed by atoms with van der Waals surface area (Å²) in [5, 5.41) is 5.21. The number of hydrogen-bond donors (Lipinski definition) is 3. The Morgan fingerprint density at radius 3 is 2.42 bits per heavy atom. The summed E-state index contributed by atoms with van der Waals surface area (Å²) in [5.74, 6) is -1.48. The molecule has 4 amide bonds. The second kappa shape index (κ2) is 13.0. The number of ketones is 1. The molecule has 1 aliphatic rings. The lowest BCUT2D eigenvalue weighted by Crippen LogP contribution is -2.54. The Morgan fingerprint density at radius 2 is 1.84 bits per heavy atom. The van der Waals surface area contributed by atoms with E-state index in [0.29, 0.717) is 38.8 Å². The Bertz CT molecular complexity index is 669. The Labute approximate surface area is 184 Å². The molecule has 31 heavy (non-hydrogen) atoms. The smallest absolute Gasteiger partial charge is 0.245 e. The third-order valence-corrected chi connectivity index (χ3v) is 5.41. The summed E-state index contributed by atoms with van der Waals surface area (Å²) in [7, 11) is 1.49. The Morgan fingerprint density at radius 1 is 1.16 bits per heavy atom. The summed E-state index contributed by atoms with van der Waals surface area (Å²) < 4.78 is 0. The van der Waals surface area contributed by atoms with Crippen LogP contribution >= 0.6 is 0 Å². The molecule has 0 aromatic rings. The zero-order valence-electron chi connectivity index (χ0n) is 19.1. The Kier molecular flexibility index (Phi) is 11.2. The molecular weight excluding hydrogens is 402 g/mol. The third-order valence-electron chi connectivity index (χ3n) is 5.41. The molecule has 3 atom stereocenters. The lowest BCUT2D eigenvalue weighted by Gasteiger charge is -2.28. The van der Waals surface area contributed by atoms with Crippen LogP contribution in [0, 0.1) is 0 Å². The topological polar surface area (TPSA) is 142 Å².